The van der Waals surface area contributed by atoms with Crippen molar-refractivity contribution in [3.8, 4) is 0 Å². The third-order valence-electron chi connectivity index (χ3n) is 1.29. The first kappa shape index (κ1) is 11.9. The molecular weight excluding hydrogens is 178 g/mol. The van der Waals surface area contributed by atoms with Crippen molar-refractivity contribution in [2.24, 2.45) is 0 Å². The summed E-state index contributed by atoms with van der Waals surface area (Å²) in [6.07, 6.45) is -1.32. The fraction of sp³-hybridized carbons (Fsp3) is 0.714. The lowest BCUT2D eigenvalue weighted by Gasteiger charge is -2.07. The van der Waals surface area contributed by atoms with Crippen LogP contribution >= 0.6 is 0 Å². The summed E-state index contributed by atoms with van der Waals surface area (Å²) < 4.78 is 4.31. The van der Waals surface area contributed by atoms with Gasteiger partial charge in [0.1, 0.15) is 0 Å². The maximum atomic E-state index is 10.5. The van der Waals surface area contributed by atoms with Gasteiger partial charge in [-0.1, -0.05) is 0 Å². The Morgan fingerprint density at radius 2 is 2.15 bits per heavy atom. The lowest BCUT2D eigenvalue weighted by molar-refractivity contribution is -0.139. The molecule has 0 amide bonds. The van der Waals surface area contributed by atoms with E-state index in [2.05, 4.69) is 10.1 Å². The Morgan fingerprint density at radius 3 is 2.62 bits per heavy atom. The van der Waals surface area contributed by atoms with Gasteiger partial charge in [-0.05, 0) is 0 Å². The molecule has 0 fully saturated rings. The zero-order valence-corrected chi connectivity index (χ0v) is 7.32. The fourth-order valence-corrected chi connectivity index (χ4v) is 0.687. The molecule has 3 N–H and O–H groups in total. The van der Waals surface area contributed by atoms with E-state index < -0.39 is 18.0 Å². The summed E-state index contributed by atoms with van der Waals surface area (Å²) in [6, 6.07) is 0. The largest absolute Gasteiger partial charge is 0.481 e. The van der Waals surface area contributed by atoms with E-state index in [9.17, 15) is 9.59 Å². The van der Waals surface area contributed by atoms with Crippen LogP contribution in [-0.2, 0) is 14.3 Å². The van der Waals surface area contributed by atoms with Gasteiger partial charge in [0, 0.05) is 6.54 Å². The van der Waals surface area contributed by atoms with Crippen LogP contribution in [0.15, 0.2) is 0 Å². The Bertz CT molecular complexity index is 182. The SMILES string of the molecule is COC(=O)CNCC(O)CC(=O)O. The van der Waals surface area contributed by atoms with Crippen LogP contribution < -0.4 is 5.32 Å². The average molecular weight is 191 g/mol. The topological polar surface area (TPSA) is 95.9 Å². The summed E-state index contributed by atoms with van der Waals surface area (Å²) in [4.78, 5) is 20.6. The molecule has 0 aliphatic rings. The predicted octanol–water partition coefficient (Wildman–Crippen LogP) is -1.42. The van der Waals surface area contributed by atoms with Crippen LogP contribution in [0.5, 0.6) is 0 Å². The first-order chi connectivity index (χ1) is 6.06. The zero-order valence-electron chi connectivity index (χ0n) is 7.32. The van der Waals surface area contributed by atoms with Gasteiger partial charge in [0.25, 0.3) is 0 Å². The number of hydrogen-bond acceptors (Lipinski definition) is 5. The maximum Gasteiger partial charge on any atom is 0.319 e. The van der Waals surface area contributed by atoms with Crippen molar-refractivity contribution in [1.29, 1.82) is 0 Å². The molecule has 0 saturated heterocycles. The quantitative estimate of drug-likeness (QED) is 0.446. The summed E-state index contributed by atoms with van der Waals surface area (Å²) >= 11 is 0. The van der Waals surface area contributed by atoms with Gasteiger partial charge in [-0.3, -0.25) is 9.59 Å². The third-order valence-corrected chi connectivity index (χ3v) is 1.29. The normalized spacial score (nSPS) is 12.2. The highest BCUT2D eigenvalue weighted by Crippen LogP contribution is 1.88. The van der Waals surface area contributed by atoms with E-state index in [0.29, 0.717) is 0 Å². The summed E-state index contributed by atoms with van der Waals surface area (Å²) in [5.41, 5.74) is 0. The molecule has 76 valence electrons. The van der Waals surface area contributed by atoms with Crippen molar-refractivity contribution in [3.63, 3.8) is 0 Å². The second kappa shape index (κ2) is 6.38. The average Bonchev–Trinajstić information content (AvgIpc) is 2.02. The summed E-state index contributed by atoms with van der Waals surface area (Å²) in [7, 11) is 1.25. The van der Waals surface area contributed by atoms with Crippen LogP contribution in [0.2, 0.25) is 0 Å². The zero-order chi connectivity index (χ0) is 10.3. The van der Waals surface area contributed by atoms with E-state index in [0.717, 1.165) is 0 Å². The van der Waals surface area contributed by atoms with Gasteiger partial charge in [0.05, 0.1) is 26.2 Å². The van der Waals surface area contributed by atoms with Crippen LogP contribution in [0.25, 0.3) is 0 Å². The van der Waals surface area contributed by atoms with Crippen LogP contribution in [-0.4, -0.2) is 48.5 Å². The van der Waals surface area contributed by atoms with Gasteiger partial charge in [0.15, 0.2) is 0 Å². The van der Waals surface area contributed by atoms with Crippen molar-refractivity contribution in [2.45, 2.75) is 12.5 Å². The van der Waals surface area contributed by atoms with Crippen LogP contribution in [0, 0.1) is 0 Å². The van der Waals surface area contributed by atoms with E-state index in [-0.39, 0.29) is 19.5 Å². The number of aliphatic hydroxyl groups excluding tert-OH is 1. The predicted molar refractivity (Wildman–Crippen MR) is 43.1 cm³/mol. The van der Waals surface area contributed by atoms with Crippen molar-refractivity contribution in [2.75, 3.05) is 20.2 Å². The first-order valence-corrected chi connectivity index (χ1v) is 3.73. The minimum absolute atomic E-state index is 0.0345. The second-order valence-electron chi connectivity index (χ2n) is 2.46. The molecule has 0 heterocycles. The number of aliphatic carboxylic acids is 1. The van der Waals surface area contributed by atoms with Crippen molar-refractivity contribution >= 4 is 11.9 Å². The molecule has 0 spiro atoms. The number of methoxy groups -OCH3 is 1. The number of esters is 1. The standard InChI is InChI=1S/C7H13NO5/c1-13-7(12)4-8-3-5(9)2-6(10)11/h5,8-9H,2-4H2,1H3,(H,10,11). The molecule has 6 nitrogen and oxygen atoms in total. The van der Waals surface area contributed by atoms with Gasteiger partial charge >= 0.3 is 11.9 Å². The number of hydrogen-bond donors (Lipinski definition) is 3. The number of ether oxygens (including phenoxy) is 1. The van der Waals surface area contributed by atoms with Crippen molar-refractivity contribution < 1.29 is 24.5 Å². The van der Waals surface area contributed by atoms with E-state index >= 15 is 0 Å². The highest BCUT2D eigenvalue weighted by molar-refractivity contribution is 5.71. The molecule has 0 radical (unpaired) electrons. The monoisotopic (exact) mass is 191 g/mol. The van der Waals surface area contributed by atoms with Gasteiger partial charge in [0.2, 0.25) is 0 Å². The molecule has 1 unspecified atom stereocenters. The van der Waals surface area contributed by atoms with Gasteiger partial charge in [-0.25, -0.2) is 0 Å². The lowest BCUT2D eigenvalue weighted by Crippen LogP contribution is -2.32. The number of rotatable bonds is 6. The number of aliphatic hydroxyl groups is 1. The number of carbonyl (C=O) groups excluding carboxylic acids is 1. The minimum Gasteiger partial charge on any atom is -0.481 e. The molecule has 0 aromatic heterocycles. The van der Waals surface area contributed by atoms with Gasteiger partial charge < -0.3 is 20.3 Å². The Balaban J connectivity index is 3.42. The Kier molecular flexibility index (Phi) is 5.82. The van der Waals surface area contributed by atoms with Crippen molar-refractivity contribution in [3.05, 3.63) is 0 Å². The Hall–Kier alpha value is -1.14. The molecule has 0 aromatic carbocycles. The number of carboxylic acids is 1. The van der Waals surface area contributed by atoms with E-state index in [1.165, 1.54) is 7.11 Å². The van der Waals surface area contributed by atoms with Gasteiger partial charge in [-0.2, -0.15) is 0 Å². The summed E-state index contributed by atoms with van der Waals surface area (Å²) in [5.74, 6) is -1.53. The third kappa shape index (κ3) is 7.23. The summed E-state index contributed by atoms with van der Waals surface area (Å²) in [6.45, 7) is 0.0224. The molecule has 0 rings (SSSR count). The molecule has 0 bridgehead atoms. The molecule has 6 heteroatoms. The fourth-order valence-electron chi connectivity index (χ4n) is 0.687. The van der Waals surface area contributed by atoms with Gasteiger partial charge in [-0.15, -0.1) is 0 Å². The second-order valence-corrected chi connectivity index (χ2v) is 2.46. The molecule has 0 aliphatic carbocycles. The molecule has 0 aliphatic heterocycles. The molecule has 0 aromatic rings. The van der Waals surface area contributed by atoms with E-state index in [1.807, 2.05) is 0 Å². The molecule has 1 atom stereocenters. The van der Waals surface area contributed by atoms with Crippen LogP contribution in [0.4, 0.5) is 0 Å². The van der Waals surface area contributed by atoms with E-state index in [1.54, 1.807) is 0 Å². The molecule has 0 saturated carbocycles. The number of carboxylic acid groups (broad SMARTS) is 1. The number of nitrogens with one attached hydrogen (secondary N) is 1. The highest BCUT2D eigenvalue weighted by atomic mass is 16.5. The van der Waals surface area contributed by atoms with Crippen LogP contribution in [0.3, 0.4) is 0 Å². The minimum atomic E-state index is -1.08. The Labute approximate surface area is 75.5 Å². The number of carbonyl (C=O) groups is 2. The summed E-state index contributed by atoms with van der Waals surface area (Å²) in [5, 5.41) is 19.8. The van der Waals surface area contributed by atoms with E-state index in [4.69, 9.17) is 10.2 Å². The first-order valence-electron chi connectivity index (χ1n) is 3.73. The Morgan fingerprint density at radius 1 is 1.54 bits per heavy atom. The maximum absolute atomic E-state index is 10.5. The lowest BCUT2D eigenvalue weighted by atomic mass is 10.2. The highest BCUT2D eigenvalue weighted by Gasteiger charge is 2.09. The molecule has 13 heavy (non-hydrogen) atoms. The van der Waals surface area contributed by atoms with Crippen LogP contribution in [0.1, 0.15) is 6.42 Å². The smallest absolute Gasteiger partial charge is 0.319 e. The molecular formula is C7H13NO5. The van der Waals surface area contributed by atoms with Crippen molar-refractivity contribution in [1.82, 2.24) is 5.32 Å².